The lowest BCUT2D eigenvalue weighted by molar-refractivity contribution is 0.311. The number of rotatable bonds is 6. The minimum atomic E-state index is -3.37. The van der Waals surface area contributed by atoms with Crippen LogP contribution in [0.4, 0.5) is 0 Å². The van der Waals surface area contributed by atoms with Gasteiger partial charge in [-0.15, -0.1) is 34.3 Å². The molecule has 0 unspecified atom stereocenters. The van der Waals surface area contributed by atoms with E-state index in [2.05, 4.69) is 33.4 Å². The topological polar surface area (TPSA) is 69.2 Å². The summed E-state index contributed by atoms with van der Waals surface area (Å²) in [7, 11) is -3.37. The Labute approximate surface area is 157 Å². The Morgan fingerprint density at radius 3 is 1.83 bits per heavy atom. The van der Waals surface area contributed by atoms with Gasteiger partial charge < -0.3 is 0 Å². The third-order valence-electron chi connectivity index (χ3n) is 2.83. The van der Waals surface area contributed by atoms with Crippen molar-refractivity contribution in [1.82, 2.24) is 9.97 Å². The van der Waals surface area contributed by atoms with Crippen LogP contribution in [0.25, 0.3) is 0 Å². The summed E-state index contributed by atoms with van der Waals surface area (Å²) in [6.07, 6.45) is 1.03. The van der Waals surface area contributed by atoms with Gasteiger partial charge in [0, 0.05) is 10.8 Å². The van der Waals surface area contributed by atoms with E-state index in [0.717, 1.165) is 22.7 Å². The minimum Gasteiger partial charge on any atom is -0.263 e. The molecule has 0 saturated heterocycles. The SMILES string of the molecule is CC(C)c1csc(CCl)n1.CC(C)c1csc(COS(C)(=O)=O)n1. The van der Waals surface area contributed by atoms with Crippen molar-refractivity contribution in [3.05, 3.63) is 32.2 Å². The van der Waals surface area contributed by atoms with Crippen LogP contribution in [0, 0.1) is 0 Å². The lowest BCUT2D eigenvalue weighted by Crippen LogP contribution is -2.02. The second kappa shape index (κ2) is 9.82. The van der Waals surface area contributed by atoms with Crippen molar-refractivity contribution in [3.8, 4) is 0 Å². The van der Waals surface area contributed by atoms with Crippen LogP contribution in [-0.2, 0) is 26.8 Å². The largest absolute Gasteiger partial charge is 0.264 e. The van der Waals surface area contributed by atoms with Crippen molar-refractivity contribution in [2.45, 2.75) is 52.0 Å². The van der Waals surface area contributed by atoms with Crippen molar-refractivity contribution in [2.75, 3.05) is 6.26 Å². The zero-order valence-electron chi connectivity index (χ0n) is 14.4. The average Bonchev–Trinajstić information content (AvgIpc) is 3.14. The molecule has 0 aliphatic carbocycles. The normalized spacial score (nSPS) is 11.7. The number of hydrogen-bond donors (Lipinski definition) is 0. The fourth-order valence-electron chi connectivity index (χ4n) is 1.47. The van der Waals surface area contributed by atoms with E-state index in [-0.39, 0.29) is 6.61 Å². The van der Waals surface area contributed by atoms with Crippen molar-refractivity contribution in [3.63, 3.8) is 0 Å². The third-order valence-corrected chi connectivity index (χ3v) is 5.50. The van der Waals surface area contributed by atoms with Crippen molar-refractivity contribution in [2.24, 2.45) is 0 Å². The highest BCUT2D eigenvalue weighted by atomic mass is 35.5. The van der Waals surface area contributed by atoms with E-state index in [0.29, 0.717) is 22.7 Å². The van der Waals surface area contributed by atoms with Gasteiger partial charge in [-0.1, -0.05) is 27.7 Å². The summed E-state index contributed by atoms with van der Waals surface area (Å²) in [5, 5.41) is 5.71. The Bertz CT molecular complexity index is 724. The van der Waals surface area contributed by atoms with E-state index < -0.39 is 10.1 Å². The molecule has 0 fully saturated rings. The summed E-state index contributed by atoms with van der Waals surface area (Å²) in [5.74, 6) is 1.42. The van der Waals surface area contributed by atoms with E-state index in [1.165, 1.54) is 11.3 Å². The van der Waals surface area contributed by atoms with E-state index in [4.69, 9.17) is 11.6 Å². The molecular formula is C15H23ClN2O3S3. The molecule has 0 aliphatic rings. The van der Waals surface area contributed by atoms with Gasteiger partial charge in [0.25, 0.3) is 10.1 Å². The Balaban J connectivity index is 0.000000254. The number of hydrogen-bond acceptors (Lipinski definition) is 7. The van der Waals surface area contributed by atoms with E-state index in [9.17, 15) is 8.42 Å². The zero-order valence-corrected chi connectivity index (χ0v) is 17.7. The average molecular weight is 411 g/mol. The van der Waals surface area contributed by atoms with E-state index in [1.54, 1.807) is 11.3 Å². The van der Waals surface area contributed by atoms with Crippen molar-refractivity contribution >= 4 is 44.4 Å². The molecule has 2 aromatic heterocycles. The lowest BCUT2D eigenvalue weighted by Gasteiger charge is -1.98. The van der Waals surface area contributed by atoms with E-state index in [1.807, 2.05) is 19.2 Å². The molecule has 24 heavy (non-hydrogen) atoms. The molecular weight excluding hydrogens is 388 g/mol. The zero-order chi connectivity index (χ0) is 18.3. The van der Waals surface area contributed by atoms with Crippen LogP contribution in [0.15, 0.2) is 10.8 Å². The molecule has 0 amide bonds. The third kappa shape index (κ3) is 8.02. The number of nitrogens with zero attached hydrogens (tertiary/aromatic N) is 2. The Morgan fingerprint density at radius 2 is 1.50 bits per heavy atom. The fourth-order valence-corrected chi connectivity index (χ4v) is 3.78. The molecule has 0 radical (unpaired) electrons. The highest BCUT2D eigenvalue weighted by Gasteiger charge is 2.08. The maximum absolute atomic E-state index is 10.7. The number of alkyl halides is 1. The Kier molecular flexibility index (Phi) is 8.80. The summed E-state index contributed by atoms with van der Waals surface area (Å²) in [6.45, 7) is 8.38. The molecule has 0 atom stereocenters. The standard InChI is InChI=1S/C8H13NO3S2.C7H10ClNS/c1-6(2)7-5-13-8(9-7)4-12-14(3,10)11;1-5(2)6-4-10-7(3-8)9-6/h5-6H,4H2,1-3H3;4-5H,3H2,1-2H3. The molecule has 0 bridgehead atoms. The first kappa shape index (κ1) is 21.5. The molecule has 0 spiro atoms. The van der Waals surface area contributed by atoms with Crippen LogP contribution in [0.1, 0.15) is 60.9 Å². The molecule has 0 aromatic carbocycles. The van der Waals surface area contributed by atoms with Gasteiger partial charge >= 0.3 is 0 Å². The summed E-state index contributed by atoms with van der Waals surface area (Å²) in [4.78, 5) is 8.56. The maximum Gasteiger partial charge on any atom is 0.264 e. The first-order chi connectivity index (χ1) is 11.1. The summed E-state index contributed by atoms with van der Waals surface area (Å²) < 4.78 is 26.0. The van der Waals surface area contributed by atoms with Crippen molar-refractivity contribution in [1.29, 1.82) is 0 Å². The van der Waals surface area contributed by atoms with Gasteiger partial charge in [0.1, 0.15) is 16.6 Å². The molecule has 0 saturated carbocycles. The molecule has 5 nitrogen and oxygen atoms in total. The molecule has 0 N–H and O–H groups in total. The second-order valence-electron chi connectivity index (χ2n) is 5.74. The fraction of sp³-hybridized carbons (Fsp3) is 0.600. The number of thiazole rings is 2. The molecule has 136 valence electrons. The highest BCUT2D eigenvalue weighted by Crippen LogP contribution is 2.19. The first-order valence-electron chi connectivity index (χ1n) is 7.41. The number of halogens is 1. The van der Waals surface area contributed by atoms with Crippen LogP contribution in [-0.4, -0.2) is 24.6 Å². The number of aromatic nitrogens is 2. The highest BCUT2D eigenvalue weighted by molar-refractivity contribution is 7.85. The predicted octanol–water partition coefficient (Wildman–Crippen LogP) is 4.75. The predicted molar refractivity (Wildman–Crippen MR) is 102 cm³/mol. The van der Waals surface area contributed by atoms with Gasteiger partial charge in [-0.2, -0.15) is 8.42 Å². The first-order valence-corrected chi connectivity index (χ1v) is 11.5. The molecule has 9 heteroatoms. The van der Waals surface area contributed by atoms with Gasteiger partial charge in [-0.05, 0) is 11.8 Å². The van der Waals surface area contributed by atoms with Crippen LogP contribution >= 0.6 is 34.3 Å². The minimum absolute atomic E-state index is 0.0379. The van der Waals surface area contributed by atoms with E-state index >= 15 is 0 Å². The summed E-state index contributed by atoms with van der Waals surface area (Å²) in [6, 6.07) is 0. The summed E-state index contributed by atoms with van der Waals surface area (Å²) in [5.41, 5.74) is 2.13. The monoisotopic (exact) mass is 410 g/mol. The van der Waals surface area contributed by atoms with Crippen LogP contribution < -0.4 is 0 Å². The molecule has 2 aromatic rings. The van der Waals surface area contributed by atoms with Crippen LogP contribution in [0.2, 0.25) is 0 Å². The molecule has 2 heterocycles. The smallest absolute Gasteiger partial charge is 0.263 e. The van der Waals surface area contributed by atoms with Gasteiger partial charge in [0.2, 0.25) is 0 Å². The quantitative estimate of drug-likeness (QED) is 0.507. The van der Waals surface area contributed by atoms with Crippen LogP contribution in [0.3, 0.4) is 0 Å². The molecule has 2 rings (SSSR count). The second-order valence-corrected chi connectivity index (χ2v) is 9.54. The van der Waals surface area contributed by atoms with Crippen LogP contribution in [0.5, 0.6) is 0 Å². The maximum atomic E-state index is 10.7. The lowest BCUT2D eigenvalue weighted by atomic mass is 10.2. The van der Waals surface area contributed by atoms with Gasteiger partial charge in [0.05, 0.1) is 23.5 Å². The summed E-state index contributed by atoms with van der Waals surface area (Å²) >= 11 is 8.65. The van der Waals surface area contributed by atoms with Gasteiger partial charge in [-0.3, -0.25) is 4.18 Å². The Hall–Kier alpha value is -0.540. The Morgan fingerprint density at radius 1 is 1.04 bits per heavy atom. The van der Waals surface area contributed by atoms with Gasteiger partial charge in [-0.25, -0.2) is 9.97 Å². The van der Waals surface area contributed by atoms with Crippen molar-refractivity contribution < 1.29 is 12.6 Å². The molecule has 0 aliphatic heterocycles. The van der Waals surface area contributed by atoms with Gasteiger partial charge in [0.15, 0.2) is 0 Å².